The Morgan fingerprint density at radius 2 is 1.90 bits per heavy atom. The van der Waals surface area contributed by atoms with Gasteiger partial charge in [0, 0.05) is 12.0 Å². The van der Waals surface area contributed by atoms with Crippen LogP contribution in [0.4, 0.5) is 0 Å². The highest BCUT2D eigenvalue weighted by Crippen LogP contribution is 2.27. The SMILES string of the molecule is OC1=C[C@@H](O)[C@H](C[C@@H](O)Cc2cccc(O)c2)C(O)=C1. The van der Waals surface area contributed by atoms with Gasteiger partial charge in [-0.25, -0.2) is 0 Å². The molecule has 1 aliphatic carbocycles. The highest BCUT2D eigenvalue weighted by atomic mass is 16.3. The van der Waals surface area contributed by atoms with Crippen LogP contribution in [0.15, 0.2) is 47.9 Å². The molecule has 0 heterocycles. The van der Waals surface area contributed by atoms with Gasteiger partial charge in [-0.1, -0.05) is 12.1 Å². The Hall–Kier alpha value is -1.98. The van der Waals surface area contributed by atoms with E-state index in [9.17, 15) is 25.5 Å². The summed E-state index contributed by atoms with van der Waals surface area (Å²) in [5, 5.41) is 48.1. The van der Waals surface area contributed by atoms with Crippen LogP contribution in [-0.2, 0) is 6.42 Å². The van der Waals surface area contributed by atoms with Crippen LogP contribution >= 0.6 is 0 Å². The molecule has 108 valence electrons. The fourth-order valence-corrected chi connectivity index (χ4v) is 2.36. The molecule has 0 bridgehead atoms. The summed E-state index contributed by atoms with van der Waals surface area (Å²) in [5.74, 6) is -0.845. The predicted octanol–water partition coefficient (Wildman–Crippen LogP) is 1.56. The van der Waals surface area contributed by atoms with E-state index in [0.717, 1.165) is 5.56 Å². The van der Waals surface area contributed by atoms with E-state index in [1.165, 1.54) is 12.2 Å². The highest BCUT2D eigenvalue weighted by molar-refractivity contribution is 5.28. The zero-order chi connectivity index (χ0) is 14.7. The molecular weight excluding hydrogens is 260 g/mol. The summed E-state index contributed by atoms with van der Waals surface area (Å²) in [4.78, 5) is 0. The lowest BCUT2D eigenvalue weighted by Gasteiger charge is -2.25. The molecular formula is C15H18O5. The Morgan fingerprint density at radius 1 is 1.15 bits per heavy atom. The summed E-state index contributed by atoms with van der Waals surface area (Å²) < 4.78 is 0. The average molecular weight is 278 g/mol. The quantitative estimate of drug-likeness (QED) is 0.575. The summed E-state index contributed by atoms with van der Waals surface area (Å²) in [6, 6.07) is 6.57. The lowest BCUT2D eigenvalue weighted by molar-refractivity contribution is 0.0769. The van der Waals surface area contributed by atoms with Crippen molar-refractivity contribution in [2.75, 3.05) is 0 Å². The first-order chi connectivity index (χ1) is 9.45. The fourth-order valence-electron chi connectivity index (χ4n) is 2.36. The molecule has 5 nitrogen and oxygen atoms in total. The van der Waals surface area contributed by atoms with E-state index < -0.39 is 18.1 Å². The molecule has 1 aromatic rings. The Balaban J connectivity index is 1.98. The van der Waals surface area contributed by atoms with Crippen LogP contribution in [0.1, 0.15) is 12.0 Å². The first kappa shape index (κ1) is 14.4. The van der Waals surface area contributed by atoms with Crippen molar-refractivity contribution in [3.63, 3.8) is 0 Å². The van der Waals surface area contributed by atoms with Crippen molar-refractivity contribution in [1.29, 1.82) is 0 Å². The van der Waals surface area contributed by atoms with Crippen molar-refractivity contribution in [3.05, 3.63) is 53.5 Å². The van der Waals surface area contributed by atoms with Crippen LogP contribution in [0.5, 0.6) is 5.75 Å². The second-order valence-electron chi connectivity index (χ2n) is 5.02. The molecule has 3 atom stereocenters. The number of allylic oxidation sites excluding steroid dienone is 1. The Bertz CT molecular complexity index is 535. The van der Waals surface area contributed by atoms with Crippen LogP contribution in [0, 0.1) is 5.92 Å². The van der Waals surface area contributed by atoms with Gasteiger partial charge in [-0.3, -0.25) is 0 Å². The first-order valence-electron chi connectivity index (χ1n) is 6.41. The zero-order valence-corrected chi connectivity index (χ0v) is 10.8. The van der Waals surface area contributed by atoms with Crippen molar-refractivity contribution in [2.45, 2.75) is 25.0 Å². The summed E-state index contributed by atoms with van der Waals surface area (Å²) in [5.41, 5.74) is 0.768. The first-order valence-corrected chi connectivity index (χ1v) is 6.41. The minimum atomic E-state index is -1.03. The standard InChI is InChI=1S/C15H18O5/c16-10-3-1-2-9(4-10)5-11(17)6-13-14(19)7-12(18)8-15(13)20/h1-4,7-8,11,13-14,16-20H,5-6H2/t11-,13-,14+/m0/s1. The Kier molecular flexibility index (Phi) is 4.32. The van der Waals surface area contributed by atoms with Gasteiger partial charge in [-0.05, 0) is 36.6 Å². The van der Waals surface area contributed by atoms with Gasteiger partial charge in [0.25, 0.3) is 0 Å². The van der Waals surface area contributed by atoms with E-state index in [-0.39, 0.29) is 23.7 Å². The van der Waals surface area contributed by atoms with Crippen LogP contribution in [-0.4, -0.2) is 37.7 Å². The summed E-state index contributed by atoms with van der Waals surface area (Å²) in [6.45, 7) is 0. The normalized spacial score (nSPS) is 23.9. The molecule has 20 heavy (non-hydrogen) atoms. The van der Waals surface area contributed by atoms with Crippen molar-refractivity contribution in [1.82, 2.24) is 0 Å². The van der Waals surface area contributed by atoms with Crippen molar-refractivity contribution < 1.29 is 25.5 Å². The maximum Gasteiger partial charge on any atom is 0.117 e. The molecule has 0 amide bonds. The lowest BCUT2D eigenvalue weighted by atomic mass is 9.88. The van der Waals surface area contributed by atoms with Crippen LogP contribution < -0.4 is 0 Å². The molecule has 1 aliphatic rings. The van der Waals surface area contributed by atoms with Crippen molar-refractivity contribution in [2.24, 2.45) is 5.92 Å². The predicted molar refractivity (Wildman–Crippen MR) is 73.4 cm³/mol. The maximum absolute atomic E-state index is 10.0. The van der Waals surface area contributed by atoms with E-state index in [2.05, 4.69) is 0 Å². The Labute approximate surface area is 116 Å². The van der Waals surface area contributed by atoms with E-state index in [1.54, 1.807) is 24.3 Å². The summed E-state index contributed by atoms with van der Waals surface area (Å²) in [7, 11) is 0. The number of aliphatic hydroxyl groups excluding tert-OH is 4. The molecule has 0 aliphatic heterocycles. The molecule has 0 unspecified atom stereocenters. The third-order valence-corrected chi connectivity index (χ3v) is 3.34. The molecule has 0 saturated heterocycles. The maximum atomic E-state index is 10.0. The van der Waals surface area contributed by atoms with Gasteiger partial charge in [-0.2, -0.15) is 0 Å². The third-order valence-electron chi connectivity index (χ3n) is 3.34. The minimum Gasteiger partial charge on any atom is -0.512 e. The van der Waals surface area contributed by atoms with Crippen LogP contribution in [0.25, 0.3) is 0 Å². The molecule has 0 radical (unpaired) electrons. The number of aliphatic hydroxyl groups is 4. The molecule has 0 saturated carbocycles. The number of hydrogen-bond acceptors (Lipinski definition) is 5. The number of phenolic OH excluding ortho intramolecular Hbond substituents is 1. The van der Waals surface area contributed by atoms with Gasteiger partial charge in [0.1, 0.15) is 17.3 Å². The largest absolute Gasteiger partial charge is 0.512 e. The van der Waals surface area contributed by atoms with Gasteiger partial charge >= 0.3 is 0 Å². The number of benzene rings is 1. The molecule has 2 rings (SSSR count). The van der Waals surface area contributed by atoms with Crippen molar-refractivity contribution in [3.8, 4) is 5.75 Å². The highest BCUT2D eigenvalue weighted by Gasteiger charge is 2.28. The average Bonchev–Trinajstić information content (AvgIpc) is 2.33. The molecule has 5 N–H and O–H groups in total. The van der Waals surface area contributed by atoms with Gasteiger partial charge in [0.05, 0.1) is 12.2 Å². The fraction of sp³-hybridized carbons (Fsp3) is 0.333. The van der Waals surface area contributed by atoms with Gasteiger partial charge in [-0.15, -0.1) is 0 Å². The number of rotatable bonds is 4. The second kappa shape index (κ2) is 5.98. The third kappa shape index (κ3) is 3.53. The molecule has 0 aromatic heterocycles. The lowest BCUT2D eigenvalue weighted by Crippen LogP contribution is -2.28. The van der Waals surface area contributed by atoms with Crippen LogP contribution in [0.3, 0.4) is 0 Å². The minimum absolute atomic E-state index is 0.128. The van der Waals surface area contributed by atoms with Gasteiger partial charge in [0.15, 0.2) is 0 Å². The molecule has 5 heteroatoms. The van der Waals surface area contributed by atoms with E-state index in [1.807, 2.05) is 0 Å². The van der Waals surface area contributed by atoms with E-state index in [0.29, 0.717) is 6.42 Å². The number of phenols is 1. The second-order valence-corrected chi connectivity index (χ2v) is 5.02. The Morgan fingerprint density at radius 3 is 2.55 bits per heavy atom. The summed E-state index contributed by atoms with van der Waals surface area (Å²) in [6.07, 6.45) is 1.05. The molecule has 0 fully saturated rings. The van der Waals surface area contributed by atoms with Gasteiger partial charge in [0.2, 0.25) is 0 Å². The molecule has 0 spiro atoms. The topological polar surface area (TPSA) is 101 Å². The van der Waals surface area contributed by atoms with E-state index >= 15 is 0 Å². The zero-order valence-electron chi connectivity index (χ0n) is 10.8. The smallest absolute Gasteiger partial charge is 0.117 e. The summed E-state index contributed by atoms with van der Waals surface area (Å²) >= 11 is 0. The van der Waals surface area contributed by atoms with Gasteiger partial charge < -0.3 is 25.5 Å². The van der Waals surface area contributed by atoms with Crippen molar-refractivity contribution >= 4 is 0 Å². The van der Waals surface area contributed by atoms with E-state index in [4.69, 9.17) is 0 Å². The number of hydrogen-bond donors (Lipinski definition) is 5. The molecule has 1 aromatic carbocycles. The monoisotopic (exact) mass is 278 g/mol. The number of aromatic hydroxyl groups is 1. The van der Waals surface area contributed by atoms with Crippen LogP contribution in [0.2, 0.25) is 0 Å².